The van der Waals surface area contributed by atoms with Gasteiger partial charge in [-0.2, -0.15) is 0 Å². The highest BCUT2D eigenvalue weighted by molar-refractivity contribution is 5.94. The first kappa shape index (κ1) is 19.1. The summed E-state index contributed by atoms with van der Waals surface area (Å²) in [4.78, 5) is 14.0. The molecule has 1 heterocycles. The van der Waals surface area contributed by atoms with Gasteiger partial charge in [-0.05, 0) is 36.8 Å². The Bertz CT molecular complexity index is 828. The number of amides is 1. The van der Waals surface area contributed by atoms with Gasteiger partial charge in [0.05, 0.1) is 25.8 Å². The number of morpholine rings is 1. The predicted octanol–water partition coefficient (Wildman–Crippen LogP) is 3.20. The Morgan fingerprint density at radius 2 is 2.04 bits per heavy atom. The number of ether oxygens (including phenoxy) is 3. The number of hydrogen-bond donors (Lipinski definition) is 0. The minimum atomic E-state index is -0.872. The third kappa shape index (κ3) is 4.54. The second-order valence-electron chi connectivity index (χ2n) is 6.33. The first-order valence-electron chi connectivity index (χ1n) is 8.61. The summed E-state index contributed by atoms with van der Waals surface area (Å²) in [5.74, 6) is -0.881. The SMILES string of the molecule is COc1cc(C)ccc1OC[C@H]1CN(C(=O)c2ccc(F)cc2F)CCO1. The molecule has 2 aromatic carbocycles. The molecule has 1 saturated heterocycles. The Morgan fingerprint density at radius 1 is 1.22 bits per heavy atom. The lowest BCUT2D eigenvalue weighted by molar-refractivity contribution is -0.0405. The van der Waals surface area contributed by atoms with Crippen LogP contribution in [0.25, 0.3) is 0 Å². The molecule has 3 rings (SSSR count). The number of nitrogens with zero attached hydrogens (tertiary/aromatic N) is 1. The smallest absolute Gasteiger partial charge is 0.257 e. The molecule has 0 saturated carbocycles. The highest BCUT2D eigenvalue weighted by Gasteiger charge is 2.27. The molecule has 5 nitrogen and oxygen atoms in total. The topological polar surface area (TPSA) is 48.0 Å². The number of carbonyl (C=O) groups is 1. The van der Waals surface area contributed by atoms with Gasteiger partial charge in [-0.1, -0.05) is 6.07 Å². The molecule has 2 aromatic rings. The number of benzene rings is 2. The fourth-order valence-electron chi connectivity index (χ4n) is 2.91. The van der Waals surface area contributed by atoms with Crippen molar-refractivity contribution in [3.8, 4) is 11.5 Å². The lowest BCUT2D eigenvalue weighted by Crippen LogP contribution is -2.47. The standard InChI is InChI=1S/C20H21F2NO4/c1-13-3-6-18(19(9-13)25-2)27-12-15-11-23(7-8-26-15)20(24)16-5-4-14(21)10-17(16)22/h3-6,9-10,15H,7-8,11-12H2,1-2H3/t15-/m1/s1. The molecule has 144 valence electrons. The van der Waals surface area contributed by atoms with Gasteiger partial charge >= 0.3 is 0 Å². The van der Waals surface area contributed by atoms with Crippen LogP contribution in [0.1, 0.15) is 15.9 Å². The summed E-state index contributed by atoms with van der Waals surface area (Å²) in [6.45, 7) is 3.07. The second kappa shape index (κ2) is 8.35. The summed E-state index contributed by atoms with van der Waals surface area (Å²) in [7, 11) is 1.57. The molecule has 0 unspecified atom stereocenters. The van der Waals surface area contributed by atoms with Crippen LogP contribution in [0.15, 0.2) is 36.4 Å². The van der Waals surface area contributed by atoms with Gasteiger partial charge in [0.25, 0.3) is 5.91 Å². The summed E-state index contributed by atoms with van der Waals surface area (Å²) in [5, 5.41) is 0. The maximum Gasteiger partial charge on any atom is 0.257 e. The highest BCUT2D eigenvalue weighted by atomic mass is 19.1. The van der Waals surface area contributed by atoms with Crippen molar-refractivity contribution < 1.29 is 27.8 Å². The van der Waals surface area contributed by atoms with E-state index in [-0.39, 0.29) is 24.8 Å². The molecule has 0 radical (unpaired) electrons. The number of aryl methyl sites for hydroxylation is 1. The van der Waals surface area contributed by atoms with E-state index < -0.39 is 17.5 Å². The lowest BCUT2D eigenvalue weighted by Gasteiger charge is -2.33. The van der Waals surface area contributed by atoms with E-state index in [1.54, 1.807) is 7.11 Å². The van der Waals surface area contributed by atoms with Crippen molar-refractivity contribution in [2.75, 3.05) is 33.4 Å². The molecule has 1 fully saturated rings. The molecule has 1 aliphatic rings. The Hall–Kier alpha value is -2.67. The number of methoxy groups -OCH3 is 1. The zero-order valence-electron chi connectivity index (χ0n) is 15.2. The number of halogens is 2. The number of hydrogen-bond acceptors (Lipinski definition) is 4. The monoisotopic (exact) mass is 377 g/mol. The van der Waals surface area contributed by atoms with E-state index in [1.165, 1.54) is 4.90 Å². The van der Waals surface area contributed by atoms with Gasteiger partial charge in [0.15, 0.2) is 11.5 Å². The van der Waals surface area contributed by atoms with E-state index in [0.717, 1.165) is 17.7 Å². The largest absolute Gasteiger partial charge is 0.493 e. The van der Waals surface area contributed by atoms with Gasteiger partial charge in [0, 0.05) is 12.6 Å². The quantitative estimate of drug-likeness (QED) is 0.803. The molecular weight excluding hydrogens is 356 g/mol. The summed E-state index contributed by atoms with van der Waals surface area (Å²) < 4.78 is 43.7. The number of carbonyl (C=O) groups excluding carboxylic acids is 1. The van der Waals surface area contributed by atoms with Crippen LogP contribution in [0, 0.1) is 18.6 Å². The van der Waals surface area contributed by atoms with E-state index in [1.807, 2.05) is 25.1 Å². The summed E-state index contributed by atoms with van der Waals surface area (Å²) in [6.07, 6.45) is -0.364. The van der Waals surface area contributed by atoms with E-state index in [0.29, 0.717) is 30.7 Å². The zero-order chi connectivity index (χ0) is 19.4. The van der Waals surface area contributed by atoms with Crippen molar-refractivity contribution in [1.29, 1.82) is 0 Å². The predicted molar refractivity (Wildman–Crippen MR) is 95.2 cm³/mol. The lowest BCUT2D eigenvalue weighted by atomic mass is 10.1. The van der Waals surface area contributed by atoms with Crippen LogP contribution in [-0.2, 0) is 4.74 Å². The van der Waals surface area contributed by atoms with Gasteiger partial charge in [0.1, 0.15) is 24.3 Å². The fourth-order valence-corrected chi connectivity index (χ4v) is 2.91. The van der Waals surface area contributed by atoms with Crippen molar-refractivity contribution in [3.05, 3.63) is 59.2 Å². The van der Waals surface area contributed by atoms with Crippen molar-refractivity contribution in [2.24, 2.45) is 0 Å². The van der Waals surface area contributed by atoms with Gasteiger partial charge in [0.2, 0.25) is 0 Å². The average Bonchev–Trinajstić information content (AvgIpc) is 2.66. The summed E-state index contributed by atoms with van der Waals surface area (Å²) in [6, 6.07) is 8.52. The van der Waals surface area contributed by atoms with E-state index in [4.69, 9.17) is 14.2 Å². The van der Waals surface area contributed by atoms with Crippen molar-refractivity contribution in [1.82, 2.24) is 4.90 Å². The number of rotatable bonds is 5. The normalized spacial score (nSPS) is 16.9. The van der Waals surface area contributed by atoms with Crippen molar-refractivity contribution in [3.63, 3.8) is 0 Å². The molecule has 1 atom stereocenters. The maximum absolute atomic E-state index is 13.9. The molecule has 0 N–H and O–H groups in total. The van der Waals surface area contributed by atoms with E-state index >= 15 is 0 Å². The molecule has 1 aliphatic heterocycles. The molecule has 0 bridgehead atoms. The van der Waals surface area contributed by atoms with Gasteiger partial charge in [-0.3, -0.25) is 4.79 Å². The van der Waals surface area contributed by atoms with Gasteiger partial charge < -0.3 is 19.1 Å². The highest BCUT2D eigenvalue weighted by Crippen LogP contribution is 2.28. The third-order valence-corrected chi connectivity index (χ3v) is 4.33. The minimum absolute atomic E-state index is 0.154. The summed E-state index contributed by atoms with van der Waals surface area (Å²) in [5.41, 5.74) is 0.893. The summed E-state index contributed by atoms with van der Waals surface area (Å²) >= 11 is 0. The Balaban J connectivity index is 1.63. The van der Waals surface area contributed by atoms with Crippen LogP contribution in [0.3, 0.4) is 0 Å². The average molecular weight is 377 g/mol. The molecule has 7 heteroatoms. The van der Waals surface area contributed by atoms with Gasteiger partial charge in [-0.25, -0.2) is 8.78 Å². The molecule has 1 amide bonds. The minimum Gasteiger partial charge on any atom is -0.493 e. The second-order valence-corrected chi connectivity index (χ2v) is 6.33. The maximum atomic E-state index is 13.9. The first-order valence-corrected chi connectivity index (χ1v) is 8.61. The Kier molecular flexibility index (Phi) is 5.91. The third-order valence-electron chi connectivity index (χ3n) is 4.33. The van der Waals surface area contributed by atoms with Crippen molar-refractivity contribution in [2.45, 2.75) is 13.0 Å². The van der Waals surface area contributed by atoms with Crippen LogP contribution in [-0.4, -0.2) is 50.3 Å². The Labute approximate surface area is 156 Å². The first-order chi connectivity index (χ1) is 13.0. The van der Waals surface area contributed by atoms with E-state index in [9.17, 15) is 13.6 Å². The van der Waals surface area contributed by atoms with Crippen molar-refractivity contribution >= 4 is 5.91 Å². The van der Waals surface area contributed by atoms with Gasteiger partial charge in [-0.15, -0.1) is 0 Å². The Morgan fingerprint density at radius 3 is 2.78 bits per heavy atom. The van der Waals surface area contributed by atoms with E-state index in [2.05, 4.69) is 0 Å². The molecular formula is C20H21F2NO4. The van der Waals surface area contributed by atoms with Crippen LogP contribution >= 0.6 is 0 Å². The molecule has 27 heavy (non-hydrogen) atoms. The fraction of sp³-hybridized carbons (Fsp3) is 0.350. The van der Waals surface area contributed by atoms with Crippen LogP contribution in [0.2, 0.25) is 0 Å². The van der Waals surface area contributed by atoms with Crippen LogP contribution in [0.4, 0.5) is 8.78 Å². The molecule has 0 aromatic heterocycles. The molecule has 0 spiro atoms. The zero-order valence-corrected chi connectivity index (χ0v) is 15.2. The van der Waals surface area contributed by atoms with Crippen LogP contribution < -0.4 is 9.47 Å². The van der Waals surface area contributed by atoms with Crippen LogP contribution in [0.5, 0.6) is 11.5 Å². The molecule has 0 aliphatic carbocycles.